The fourth-order valence-corrected chi connectivity index (χ4v) is 7.37. The molecular weight excluding hydrogens is 462 g/mol. The molecule has 3 unspecified atom stereocenters. The van der Waals surface area contributed by atoms with Crippen LogP contribution in [0, 0.1) is 6.92 Å². The Labute approximate surface area is 201 Å². The summed E-state index contributed by atoms with van der Waals surface area (Å²) in [6.07, 6.45) is -1.08. The number of carbonyl (C=O) groups is 2. The SMILES string of the molecule is COc1cc(C)c2ccc(N3C(=O)C4SCCSC4C3OC(=O)N3CCN(C)CC3)nc2n1. The number of methoxy groups -OCH3 is 1. The Balaban J connectivity index is 1.48. The molecule has 0 aromatic carbocycles. The van der Waals surface area contributed by atoms with E-state index in [2.05, 4.69) is 9.88 Å². The Hall–Kier alpha value is -2.24. The van der Waals surface area contributed by atoms with Gasteiger partial charge >= 0.3 is 6.09 Å². The highest BCUT2D eigenvalue weighted by Crippen LogP contribution is 2.43. The Morgan fingerprint density at radius 3 is 2.64 bits per heavy atom. The minimum absolute atomic E-state index is 0.0696. The van der Waals surface area contributed by atoms with Gasteiger partial charge in [0, 0.05) is 49.1 Å². The zero-order chi connectivity index (χ0) is 23.1. The van der Waals surface area contributed by atoms with Crippen LogP contribution < -0.4 is 9.64 Å². The van der Waals surface area contributed by atoms with Crippen LogP contribution >= 0.6 is 23.5 Å². The van der Waals surface area contributed by atoms with Gasteiger partial charge in [0.2, 0.25) is 11.8 Å². The summed E-state index contributed by atoms with van der Waals surface area (Å²) in [5.74, 6) is 2.65. The second-order valence-electron chi connectivity index (χ2n) is 8.42. The molecule has 0 radical (unpaired) electrons. The van der Waals surface area contributed by atoms with E-state index in [4.69, 9.17) is 14.5 Å². The number of fused-ring (bicyclic) bond motifs is 2. The molecule has 9 nitrogen and oxygen atoms in total. The second kappa shape index (κ2) is 9.19. The maximum atomic E-state index is 13.5. The van der Waals surface area contributed by atoms with Crippen molar-refractivity contribution < 1.29 is 19.1 Å². The highest BCUT2D eigenvalue weighted by atomic mass is 32.2. The summed E-state index contributed by atoms with van der Waals surface area (Å²) in [6.45, 7) is 4.81. The number of amides is 2. The third kappa shape index (κ3) is 4.22. The molecule has 176 valence electrons. The van der Waals surface area contributed by atoms with E-state index >= 15 is 0 Å². The fourth-order valence-electron chi connectivity index (χ4n) is 4.39. The molecule has 0 N–H and O–H groups in total. The van der Waals surface area contributed by atoms with Gasteiger partial charge in [-0.1, -0.05) is 0 Å². The van der Waals surface area contributed by atoms with Gasteiger partial charge in [-0.3, -0.25) is 9.69 Å². The van der Waals surface area contributed by atoms with Crippen LogP contribution in [-0.2, 0) is 9.53 Å². The number of anilines is 1. The van der Waals surface area contributed by atoms with Gasteiger partial charge in [0.25, 0.3) is 0 Å². The topological polar surface area (TPSA) is 88.1 Å². The standard InChI is InChI=1S/C22H27N5O4S2/c1-13-12-16(30-3)24-19-14(13)4-5-15(23-19)27-20(28)17-18(33-11-10-32-17)21(27)31-22(29)26-8-6-25(2)7-9-26/h4-5,12,17-18,21H,6-11H2,1-3H3. The summed E-state index contributed by atoms with van der Waals surface area (Å²) in [6, 6.07) is 5.58. The average Bonchev–Trinajstić information content (AvgIpc) is 3.10. The summed E-state index contributed by atoms with van der Waals surface area (Å²) < 4.78 is 11.3. The first kappa shape index (κ1) is 22.5. The molecule has 0 saturated carbocycles. The molecule has 0 aliphatic carbocycles. The molecule has 3 aliphatic rings. The lowest BCUT2D eigenvalue weighted by Crippen LogP contribution is -2.50. The van der Waals surface area contributed by atoms with Crippen LogP contribution in [0.4, 0.5) is 10.6 Å². The molecule has 5 heterocycles. The predicted molar refractivity (Wildman–Crippen MR) is 130 cm³/mol. The molecule has 2 aromatic rings. The highest BCUT2D eigenvalue weighted by Gasteiger charge is 2.53. The maximum absolute atomic E-state index is 13.5. The van der Waals surface area contributed by atoms with Crippen molar-refractivity contribution in [2.45, 2.75) is 23.7 Å². The van der Waals surface area contributed by atoms with Crippen LogP contribution in [0.5, 0.6) is 5.88 Å². The van der Waals surface area contributed by atoms with Gasteiger partial charge in [0.05, 0.1) is 12.4 Å². The van der Waals surface area contributed by atoms with Crippen molar-refractivity contribution >= 4 is 52.4 Å². The van der Waals surface area contributed by atoms with E-state index in [1.54, 1.807) is 40.4 Å². The van der Waals surface area contributed by atoms with Crippen molar-refractivity contribution in [1.29, 1.82) is 0 Å². The van der Waals surface area contributed by atoms with Gasteiger partial charge in [-0.05, 0) is 31.7 Å². The second-order valence-corrected chi connectivity index (χ2v) is 11.0. The summed E-state index contributed by atoms with van der Waals surface area (Å²) in [5.41, 5.74) is 1.48. The van der Waals surface area contributed by atoms with Crippen LogP contribution in [0.1, 0.15) is 5.56 Å². The third-order valence-electron chi connectivity index (χ3n) is 6.29. The number of hydrogen-bond donors (Lipinski definition) is 0. The first-order chi connectivity index (χ1) is 16.0. The summed E-state index contributed by atoms with van der Waals surface area (Å²) in [5, 5.41) is 0.495. The van der Waals surface area contributed by atoms with Gasteiger partial charge in [0.15, 0.2) is 11.9 Å². The first-order valence-electron chi connectivity index (χ1n) is 11.0. The van der Waals surface area contributed by atoms with Gasteiger partial charge in [-0.2, -0.15) is 16.7 Å². The Morgan fingerprint density at radius 2 is 1.88 bits per heavy atom. The number of ether oxygens (including phenoxy) is 2. The third-order valence-corrected chi connectivity index (χ3v) is 9.34. The van der Waals surface area contributed by atoms with Crippen molar-refractivity contribution in [1.82, 2.24) is 19.8 Å². The predicted octanol–water partition coefficient (Wildman–Crippen LogP) is 2.22. The van der Waals surface area contributed by atoms with Gasteiger partial charge < -0.3 is 19.3 Å². The molecule has 2 amide bonds. The number of rotatable bonds is 3. The Bertz CT molecular complexity index is 1080. The summed E-state index contributed by atoms with van der Waals surface area (Å²) >= 11 is 3.33. The van der Waals surface area contributed by atoms with Crippen LogP contribution in [0.2, 0.25) is 0 Å². The van der Waals surface area contributed by atoms with Crippen LogP contribution in [0.25, 0.3) is 11.0 Å². The van der Waals surface area contributed by atoms with Gasteiger partial charge in [-0.25, -0.2) is 9.78 Å². The number of hydrogen-bond acceptors (Lipinski definition) is 9. The van der Waals surface area contributed by atoms with E-state index in [0.29, 0.717) is 30.4 Å². The minimum Gasteiger partial charge on any atom is -0.481 e. The smallest absolute Gasteiger partial charge is 0.411 e. The van der Waals surface area contributed by atoms with E-state index in [-0.39, 0.29) is 22.5 Å². The molecule has 3 fully saturated rings. The molecule has 3 aliphatic heterocycles. The van der Waals surface area contributed by atoms with Crippen molar-refractivity contribution in [2.75, 3.05) is 56.7 Å². The van der Waals surface area contributed by atoms with Crippen molar-refractivity contribution in [3.8, 4) is 5.88 Å². The van der Waals surface area contributed by atoms with E-state index < -0.39 is 6.23 Å². The fraction of sp³-hybridized carbons (Fsp3) is 0.545. The Morgan fingerprint density at radius 1 is 1.12 bits per heavy atom. The van der Waals surface area contributed by atoms with Crippen molar-refractivity contribution in [3.63, 3.8) is 0 Å². The molecular formula is C22H27N5O4S2. The number of thioether (sulfide) groups is 2. The average molecular weight is 490 g/mol. The number of carbonyl (C=O) groups excluding carboxylic acids is 2. The quantitative estimate of drug-likeness (QED) is 0.644. The lowest BCUT2D eigenvalue weighted by Gasteiger charge is -2.34. The maximum Gasteiger partial charge on any atom is 0.411 e. The molecule has 5 rings (SSSR count). The lowest BCUT2D eigenvalue weighted by atomic mass is 10.2. The van der Waals surface area contributed by atoms with Gasteiger partial charge in [-0.15, -0.1) is 11.8 Å². The molecule has 3 atom stereocenters. The molecule has 3 saturated heterocycles. The minimum atomic E-state index is -0.705. The largest absolute Gasteiger partial charge is 0.481 e. The molecule has 33 heavy (non-hydrogen) atoms. The van der Waals surface area contributed by atoms with E-state index in [0.717, 1.165) is 35.5 Å². The summed E-state index contributed by atoms with van der Waals surface area (Å²) in [4.78, 5) is 41.1. The molecule has 0 spiro atoms. The zero-order valence-corrected chi connectivity index (χ0v) is 20.5. The van der Waals surface area contributed by atoms with Crippen LogP contribution in [-0.4, -0.2) is 100 Å². The van der Waals surface area contributed by atoms with Crippen molar-refractivity contribution in [2.24, 2.45) is 0 Å². The van der Waals surface area contributed by atoms with E-state index in [9.17, 15) is 9.59 Å². The van der Waals surface area contributed by atoms with Crippen LogP contribution in [0.15, 0.2) is 18.2 Å². The van der Waals surface area contributed by atoms with Crippen LogP contribution in [0.3, 0.4) is 0 Å². The Kier molecular flexibility index (Phi) is 6.28. The first-order valence-corrected chi connectivity index (χ1v) is 13.1. The lowest BCUT2D eigenvalue weighted by molar-refractivity contribution is -0.117. The normalized spacial score (nSPS) is 25.9. The van der Waals surface area contributed by atoms with Crippen molar-refractivity contribution in [3.05, 3.63) is 23.8 Å². The van der Waals surface area contributed by atoms with E-state index in [1.165, 1.54) is 0 Å². The molecule has 11 heteroatoms. The summed E-state index contributed by atoms with van der Waals surface area (Å²) in [7, 11) is 3.60. The number of likely N-dealkylation sites (N-methyl/N-ethyl adjacent to an activating group) is 1. The number of nitrogens with zero attached hydrogens (tertiary/aromatic N) is 5. The monoisotopic (exact) mass is 489 g/mol. The highest BCUT2D eigenvalue weighted by molar-refractivity contribution is 8.07. The molecule has 0 bridgehead atoms. The number of piperazine rings is 1. The number of aromatic nitrogens is 2. The number of aryl methyl sites for hydroxylation is 1. The molecule has 2 aromatic heterocycles. The number of pyridine rings is 2. The zero-order valence-electron chi connectivity index (χ0n) is 18.9. The van der Waals surface area contributed by atoms with E-state index in [1.807, 2.05) is 32.2 Å². The van der Waals surface area contributed by atoms with Gasteiger partial charge in [0.1, 0.15) is 11.1 Å².